The van der Waals surface area contributed by atoms with Gasteiger partial charge >= 0.3 is 0 Å². The molecule has 1 heterocycles. The molecule has 0 spiro atoms. The van der Waals surface area contributed by atoms with E-state index in [1.807, 2.05) is 6.07 Å². The molecule has 2 atom stereocenters. The third-order valence-corrected chi connectivity index (χ3v) is 4.30. The predicted octanol–water partition coefficient (Wildman–Crippen LogP) is 4.05. The topological polar surface area (TPSA) is 27.8 Å². The number of nitrogens with one attached hydrogen (secondary N) is 2. The van der Waals surface area contributed by atoms with Gasteiger partial charge in [-0.15, -0.1) is 0 Å². The minimum absolute atomic E-state index is 0.148. The maximum atomic E-state index is 13.4. The fourth-order valence-electron chi connectivity index (χ4n) is 2.95. The van der Waals surface area contributed by atoms with Gasteiger partial charge in [0.05, 0.1) is 0 Å². The minimum atomic E-state index is -0.148. The maximum absolute atomic E-state index is 13.4. The highest BCUT2D eigenvalue weighted by molar-refractivity contribution is 5.84. The van der Waals surface area contributed by atoms with Gasteiger partial charge in [0.15, 0.2) is 0 Å². The smallest absolute Gasteiger partial charge is 0.123 e. The van der Waals surface area contributed by atoms with Crippen LogP contribution in [-0.4, -0.2) is 18.1 Å². The average Bonchev–Trinajstić information content (AvgIpc) is 3.05. The zero-order chi connectivity index (χ0) is 14.1. The van der Waals surface area contributed by atoms with E-state index in [1.165, 1.54) is 24.5 Å². The molecule has 1 fully saturated rings. The highest BCUT2D eigenvalue weighted by Crippen LogP contribution is 2.49. The number of rotatable bonds is 6. The first-order valence-corrected chi connectivity index (χ1v) is 7.62. The standard InChI is InChI=1S/C17H23FN2/c1-11(2)5-6-19-9-12-7-14(12)16-10-20-17-4-3-13(18)8-15(16)17/h3-4,8,10-12,14,19-20H,5-7,9H2,1-2H3. The van der Waals surface area contributed by atoms with Gasteiger partial charge in [-0.3, -0.25) is 0 Å². The van der Waals surface area contributed by atoms with Crippen LogP contribution in [0.3, 0.4) is 0 Å². The number of H-pyrrole nitrogens is 1. The summed E-state index contributed by atoms with van der Waals surface area (Å²) in [6.45, 7) is 6.69. The molecule has 1 aromatic carbocycles. The third-order valence-electron chi connectivity index (χ3n) is 4.30. The molecule has 2 N–H and O–H groups in total. The average molecular weight is 274 g/mol. The van der Waals surface area contributed by atoms with Crippen LogP contribution in [0.15, 0.2) is 24.4 Å². The van der Waals surface area contributed by atoms with Crippen LogP contribution < -0.4 is 5.32 Å². The van der Waals surface area contributed by atoms with Gasteiger partial charge in [0.25, 0.3) is 0 Å². The Hall–Kier alpha value is -1.35. The Labute approximate surface area is 119 Å². The van der Waals surface area contributed by atoms with E-state index in [0.717, 1.165) is 29.9 Å². The van der Waals surface area contributed by atoms with Crippen molar-refractivity contribution < 1.29 is 4.39 Å². The lowest BCUT2D eigenvalue weighted by Gasteiger charge is -2.06. The van der Waals surface area contributed by atoms with Crippen LogP contribution in [0.2, 0.25) is 0 Å². The molecule has 0 aliphatic heterocycles. The quantitative estimate of drug-likeness (QED) is 0.764. The van der Waals surface area contributed by atoms with Crippen molar-refractivity contribution >= 4 is 10.9 Å². The van der Waals surface area contributed by atoms with E-state index >= 15 is 0 Å². The van der Waals surface area contributed by atoms with Crippen LogP contribution in [0.1, 0.15) is 38.2 Å². The Morgan fingerprint density at radius 1 is 1.40 bits per heavy atom. The van der Waals surface area contributed by atoms with E-state index in [-0.39, 0.29) is 5.82 Å². The second-order valence-electron chi connectivity index (χ2n) is 6.42. The molecule has 3 heteroatoms. The van der Waals surface area contributed by atoms with Crippen LogP contribution in [0.4, 0.5) is 4.39 Å². The Morgan fingerprint density at radius 3 is 3.05 bits per heavy atom. The molecule has 2 aromatic rings. The summed E-state index contributed by atoms with van der Waals surface area (Å²) in [5.41, 5.74) is 2.33. The summed E-state index contributed by atoms with van der Waals surface area (Å²) >= 11 is 0. The van der Waals surface area contributed by atoms with Gasteiger partial charge in [-0.25, -0.2) is 4.39 Å². The largest absolute Gasteiger partial charge is 0.361 e. The fraction of sp³-hybridized carbons (Fsp3) is 0.529. The number of aromatic amines is 1. The first kappa shape index (κ1) is 13.6. The molecule has 0 amide bonds. The molecule has 1 aliphatic carbocycles. The second kappa shape index (κ2) is 5.57. The monoisotopic (exact) mass is 274 g/mol. The summed E-state index contributed by atoms with van der Waals surface area (Å²) < 4.78 is 13.4. The summed E-state index contributed by atoms with van der Waals surface area (Å²) in [6.07, 6.45) is 4.51. The van der Waals surface area contributed by atoms with Crippen molar-refractivity contribution in [3.05, 3.63) is 35.8 Å². The molecule has 0 radical (unpaired) electrons. The van der Waals surface area contributed by atoms with Crippen molar-refractivity contribution in [1.29, 1.82) is 0 Å². The summed E-state index contributed by atoms with van der Waals surface area (Å²) in [7, 11) is 0. The van der Waals surface area contributed by atoms with Gasteiger partial charge < -0.3 is 10.3 Å². The lowest BCUT2D eigenvalue weighted by atomic mass is 10.1. The molecule has 108 valence electrons. The lowest BCUT2D eigenvalue weighted by molar-refractivity contribution is 0.525. The molecule has 3 rings (SSSR count). The number of hydrogen-bond acceptors (Lipinski definition) is 1. The van der Waals surface area contributed by atoms with Crippen LogP contribution in [0.5, 0.6) is 0 Å². The number of aromatic nitrogens is 1. The van der Waals surface area contributed by atoms with Crippen LogP contribution in [-0.2, 0) is 0 Å². The Kier molecular flexibility index (Phi) is 3.79. The van der Waals surface area contributed by atoms with E-state index in [4.69, 9.17) is 0 Å². The Morgan fingerprint density at radius 2 is 2.25 bits per heavy atom. The fourth-order valence-corrected chi connectivity index (χ4v) is 2.95. The molecule has 2 unspecified atom stereocenters. The van der Waals surface area contributed by atoms with Gasteiger partial charge in [-0.1, -0.05) is 13.8 Å². The first-order chi connectivity index (χ1) is 9.65. The van der Waals surface area contributed by atoms with E-state index in [2.05, 4.69) is 30.3 Å². The van der Waals surface area contributed by atoms with Crippen molar-refractivity contribution in [2.24, 2.45) is 11.8 Å². The Balaban J connectivity index is 1.59. The molecule has 1 aromatic heterocycles. The number of hydrogen-bond donors (Lipinski definition) is 2. The number of halogens is 1. The highest BCUT2D eigenvalue weighted by Gasteiger charge is 2.39. The van der Waals surface area contributed by atoms with Gasteiger partial charge in [0.1, 0.15) is 5.82 Å². The summed E-state index contributed by atoms with van der Waals surface area (Å²) in [4.78, 5) is 3.25. The van der Waals surface area contributed by atoms with E-state index in [1.54, 1.807) is 6.07 Å². The molecular formula is C17H23FN2. The van der Waals surface area contributed by atoms with Crippen molar-refractivity contribution in [3.8, 4) is 0 Å². The zero-order valence-electron chi connectivity index (χ0n) is 12.2. The Bertz CT molecular complexity index is 588. The number of benzene rings is 1. The summed E-state index contributed by atoms with van der Waals surface area (Å²) in [6, 6.07) is 5.00. The molecule has 1 aliphatic rings. The normalized spacial score (nSPS) is 21.8. The molecule has 0 saturated heterocycles. The van der Waals surface area contributed by atoms with Crippen LogP contribution in [0.25, 0.3) is 10.9 Å². The molecule has 0 bridgehead atoms. The second-order valence-corrected chi connectivity index (χ2v) is 6.42. The lowest BCUT2D eigenvalue weighted by Crippen LogP contribution is -2.19. The predicted molar refractivity (Wildman–Crippen MR) is 81.4 cm³/mol. The van der Waals surface area contributed by atoms with Gasteiger partial charge in [-0.05, 0) is 67.4 Å². The van der Waals surface area contributed by atoms with Crippen molar-refractivity contribution in [1.82, 2.24) is 10.3 Å². The van der Waals surface area contributed by atoms with Crippen molar-refractivity contribution in [3.63, 3.8) is 0 Å². The molecule has 20 heavy (non-hydrogen) atoms. The van der Waals surface area contributed by atoms with E-state index in [0.29, 0.717) is 11.8 Å². The summed E-state index contributed by atoms with van der Waals surface area (Å²) in [5.74, 6) is 1.92. The maximum Gasteiger partial charge on any atom is 0.123 e. The number of fused-ring (bicyclic) bond motifs is 1. The van der Waals surface area contributed by atoms with Gasteiger partial charge in [0, 0.05) is 17.1 Å². The SMILES string of the molecule is CC(C)CCNCC1CC1c1c[nH]c2ccc(F)cc12. The van der Waals surface area contributed by atoms with E-state index < -0.39 is 0 Å². The van der Waals surface area contributed by atoms with E-state index in [9.17, 15) is 4.39 Å². The summed E-state index contributed by atoms with van der Waals surface area (Å²) in [5, 5.41) is 4.60. The molecule has 1 saturated carbocycles. The minimum Gasteiger partial charge on any atom is -0.361 e. The third kappa shape index (κ3) is 2.88. The van der Waals surface area contributed by atoms with Gasteiger partial charge in [-0.2, -0.15) is 0 Å². The highest BCUT2D eigenvalue weighted by atomic mass is 19.1. The van der Waals surface area contributed by atoms with Crippen LogP contribution in [0, 0.1) is 17.7 Å². The zero-order valence-corrected chi connectivity index (χ0v) is 12.2. The van der Waals surface area contributed by atoms with Gasteiger partial charge in [0.2, 0.25) is 0 Å². The molecule has 2 nitrogen and oxygen atoms in total. The van der Waals surface area contributed by atoms with Crippen LogP contribution >= 0.6 is 0 Å². The first-order valence-electron chi connectivity index (χ1n) is 7.62. The molecular weight excluding hydrogens is 251 g/mol. The van der Waals surface area contributed by atoms with Crippen molar-refractivity contribution in [2.45, 2.75) is 32.6 Å². The van der Waals surface area contributed by atoms with Crippen molar-refractivity contribution in [2.75, 3.05) is 13.1 Å².